The summed E-state index contributed by atoms with van der Waals surface area (Å²) in [6.07, 6.45) is 0. The van der Waals surface area contributed by atoms with Crippen molar-refractivity contribution >= 4 is 35.6 Å². The van der Waals surface area contributed by atoms with E-state index >= 15 is 0 Å². The maximum absolute atomic E-state index is 12.3. The van der Waals surface area contributed by atoms with Crippen molar-refractivity contribution in [1.82, 2.24) is 0 Å². The SMILES string of the molecule is CC(C)C(=O)Nc1ccc(C(=O)Nc2ccc(OCCN)cc2)cc1.Cl. The molecule has 0 fully saturated rings. The van der Waals surface area contributed by atoms with Crippen molar-refractivity contribution in [3.63, 3.8) is 0 Å². The van der Waals surface area contributed by atoms with Gasteiger partial charge in [0.25, 0.3) is 5.91 Å². The van der Waals surface area contributed by atoms with Gasteiger partial charge in [0.1, 0.15) is 12.4 Å². The van der Waals surface area contributed by atoms with Crippen molar-refractivity contribution < 1.29 is 14.3 Å². The molecule has 0 spiro atoms. The fourth-order valence-electron chi connectivity index (χ4n) is 2.01. The van der Waals surface area contributed by atoms with Crippen molar-refractivity contribution in [1.29, 1.82) is 0 Å². The summed E-state index contributed by atoms with van der Waals surface area (Å²) in [5, 5.41) is 5.60. The highest BCUT2D eigenvalue weighted by molar-refractivity contribution is 6.04. The minimum atomic E-state index is -0.225. The van der Waals surface area contributed by atoms with Crippen LogP contribution in [0.3, 0.4) is 0 Å². The zero-order valence-electron chi connectivity index (χ0n) is 14.8. The topological polar surface area (TPSA) is 93.5 Å². The fraction of sp³-hybridized carbons (Fsp3) is 0.263. The number of nitrogens with one attached hydrogen (secondary N) is 2. The normalized spacial score (nSPS) is 10.0. The van der Waals surface area contributed by atoms with Gasteiger partial charge in [0.05, 0.1) is 0 Å². The van der Waals surface area contributed by atoms with E-state index < -0.39 is 0 Å². The molecule has 2 rings (SSSR count). The summed E-state index contributed by atoms with van der Waals surface area (Å²) < 4.78 is 5.39. The minimum absolute atomic E-state index is 0. The smallest absolute Gasteiger partial charge is 0.255 e. The molecule has 0 radical (unpaired) electrons. The zero-order valence-corrected chi connectivity index (χ0v) is 15.6. The first kappa shape index (κ1) is 21.5. The lowest BCUT2D eigenvalue weighted by Gasteiger charge is -2.09. The highest BCUT2D eigenvalue weighted by Crippen LogP contribution is 2.17. The lowest BCUT2D eigenvalue weighted by atomic mass is 10.1. The molecule has 0 aromatic heterocycles. The van der Waals surface area contributed by atoms with Crippen LogP contribution < -0.4 is 21.1 Å². The Kier molecular flexibility index (Phi) is 8.61. The monoisotopic (exact) mass is 377 g/mol. The Morgan fingerprint density at radius 2 is 1.50 bits per heavy atom. The van der Waals surface area contributed by atoms with E-state index in [2.05, 4.69) is 10.6 Å². The Morgan fingerprint density at radius 3 is 2.04 bits per heavy atom. The van der Waals surface area contributed by atoms with Crippen LogP contribution in [0.2, 0.25) is 0 Å². The second-order valence-corrected chi connectivity index (χ2v) is 5.84. The highest BCUT2D eigenvalue weighted by Gasteiger charge is 2.09. The van der Waals surface area contributed by atoms with Crippen LogP contribution in [0.25, 0.3) is 0 Å². The quantitative estimate of drug-likeness (QED) is 0.690. The van der Waals surface area contributed by atoms with Gasteiger partial charge in [-0.15, -0.1) is 12.4 Å². The third-order valence-corrected chi connectivity index (χ3v) is 3.44. The summed E-state index contributed by atoms with van der Waals surface area (Å²) in [5.74, 6) is 0.319. The van der Waals surface area contributed by atoms with E-state index in [-0.39, 0.29) is 30.1 Å². The molecule has 6 nitrogen and oxygen atoms in total. The Labute approximate surface area is 159 Å². The van der Waals surface area contributed by atoms with Gasteiger partial charge < -0.3 is 21.1 Å². The van der Waals surface area contributed by atoms with E-state index in [4.69, 9.17) is 10.5 Å². The van der Waals surface area contributed by atoms with Crippen molar-refractivity contribution in [3.8, 4) is 5.75 Å². The minimum Gasteiger partial charge on any atom is -0.492 e. The van der Waals surface area contributed by atoms with E-state index in [9.17, 15) is 9.59 Å². The van der Waals surface area contributed by atoms with E-state index in [1.54, 1.807) is 48.5 Å². The molecule has 0 aliphatic carbocycles. The van der Waals surface area contributed by atoms with Gasteiger partial charge in [-0.25, -0.2) is 0 Å². The van der Waals surface area contributed by atoms with Crippen molar-refractivity contribution in [2.45, 2.75) is 13.8 Å². The molecule has 2 aromatic carbocycles. The molecule has 0 aliphatic rings. The molecule has 7 heteroatoms. The zero-order chi connectivity index (χ0) is 18.2. The van der Waals surface area contributed by atoms with Gasteiger partial charge in [-0.1, -0.05) is 13.8 Å². The van der Waals surface area contributed by atoms with E-state index in [0.717, 1.165) is 0 Å². The van der Waals surface area contributed by atoms with Gasteiger partial charge in [-0.3, -0.25) is 9.59 Å². The molecule has 4 N–H and O–H groups in total. The summed E-state index contributed by atoms with van der Waals surface area (Å²) in [7, 11) is 0. The van der Waals surface area contributed by atoms with Crippen LogP contribution >= 0.6 is 12.4 Å². The van der Waals surface area contributed by atoms with Crippen molar-refractivity contribution in [2.75, 3.05) is 23.8 Å². The first-order valence-electron chi connectivity index (χ1n) is 8.15. The summed E-state index contributed by atoms with van der Waals surface area (Å²) in [4.78, 5) is 23.9. The first-order valence-corrected chi connectivity index (χ1v) is 8.15. The Morgan fingerprint density at radius 1 is 0.962 bits per heavy atom. The van der Waals surface area contributed by atoms with Crippen molar-refractivity contribution in [3.05, 3.63) is 54.1 Å². The summed E-state index contributed by atoms with van der Waals surface area (Å²) >= 11 is 0. The Balaban J connectivity index is 0.00000338. The predicted octanol–water partition coefficient (Wildman–Crippen LogP) is 3.29. The molecular weight excluding hydrogens is 354 g/mol. The summed E-state index contributed by atoms with van der Waals surface area (Å²) in [6, 6.07) is 13.8. The molecular formula is C19H24ClN3O3. The van der Waals surface area contributed by atoms with E-state index in [0.29, 0.717) is 35.8 Å². The molecule has 0 saturated carbocycles. The number of benzene rings is 2. The number of amides is 2. The largest absolute Gasteiger partial charge is 0.492 e. The molecule has 26 heavy (non-hydrogen) atoms. The number of nitrogens with two attached hydrogens (primary N) is 1. The average molecular weight is 378 g/mol. The molecule has 0 saturated heterocycles. The third kappa shape index (κ3) is 6.38. The van der Waals surface area contributed by atoms with Gasteiger partial charge in [-0.05, 0) is 48.5 Å². The molecule has 2 aromatic rings. The lowest BCUT2D eigenvalue weighted by Crippen LogP contribution is -2.18. The predicted molar refractivity (Wildman–Crippen MR) is 106 cm³/mol. The van der Waals surface area contributed by atoms with Gasteiger partial charge >= 0.3 is 0 Å². The number of anilines is 2. The number of carbonyl (C=O) groups is 2. The van der Waals surface area contributed by atoms with Crippen molar-refractivity contribution in [2.24, 2.45) is 11.7 Å². The average Bonchev–Trinajstić information content (AvgIpc) is 2.61. The van der Waals surface area contributed by atoms with Gasteiger partial charge in [-0.2, -0.15) is 0 Å². The molecule has 0 unspecified atom stereocenters. The number of hydrogen-bond donors (Lipinski definition) is 3. The standard InChI is InChI=1S/C19H23N3O3.ClH/c1-13(2)18(23)21-15-5-3-14(4-6-15)19(24)22-16-7-9-17(10-8-16)25-12-11-20;/h3-10,13H,11-12,20H2,1-2H3,(H,21,23)(H,22,24);1H. The Hall–Kier alpha value is -2.57. The number of ether oxygens (including phenoxy) is 1. The highest BCUT2D eigenvalue weighted by atomic mass is 35.5. The van der Waals surface area contributed by atoms with E-state index in [1.165, 1.54) is 0 Å². The van der Waals surface area contributed by atoms with Crippen LogP contribution in [0.5, 0.6) is 5.75 Å². The third-order valence-electron chi connectivity index (χ3n) is 3.44. The maximum atomic E-state index is 12.3. The lowest BCUT2D eigenvalue weighted by molar-refractivity contribution is -0.118. The maximum Gasteiger partial charge on any atom is 0.255 e. The summed E-state index contributed by atoms with van der Waals surface area (Å²) in [5.41, 5.74) is 7.22. The van der Waals surface area contributed by atoms with Crippen LogP contribution in [-0.2, 0) is 4.79 Å². The van der Waals surface area contributed by atoms with Crippen LogP contribution in [0.15, 0.2) is 48.5 Å². The van der Waals surface area contributed by atoms with Crippen LogP contribution in [0, 0.1) is 5.92 Å². The molecule has 140 valence electrons. The first-order chi connectivity index (χ1) is 12.0. The number of carbonyl (C=O) groups excluding carboxylic acids is 2. The van der Waals surface area contributed by atoms with Crippen LogP contribution in [0.1, 0.15) is 24.2 Å². The summed E-state index contributed by atoms with van der Waals surface area (Å²) in [6.45, 7) is 4.55. The van der Waals surface area contributed by atoms with E-state index in [1.807, 2.05) is 13.8 Å². The van der Waals surface area contributed by atoms with Gasteiger partial charge in [0.2, 0.25) is 5.91 Å². The van der Waals surface area contributed by atoms with Crippen LogP contribution in [0.4, 0.5) is 11.4 Å². The molecule has 0 aliphatic heterocycles. The Bertz CT molecular complexity index is 716. The molecule has 0 bridgehead atoms. The van der Waals surface area contributed by atoms with Gasteiger partial charge in [0.15, 0.2) is 0 Å². The van der Waals surface area contributed by atoms with Crippen LogP contribution in [-0.4, -0.2) is 25.0 Å². The second kappa shape index (κ2) is 10.4. The molecule has 0 atom stereocenters. The number of halogens is 1. The fourth-order valence-corrected chi connectivity index (χ4v) is 2.01. The molecule has 0 heterocycles. The number of rotatable bonds is 7. The molecule has 2 amide bonds. The number of hydrogen-bond acceptors (Lipinski definition) is 4. The van der Waals surface area contributed by atoms with Gasteiger partial charge in [0, 0.05) is 29.4 Å². The second-order valence-electron chi connectivity index (χ2n) is 5.84.